The van der Waals surface area contributed by atoms with E-state index in [1.807, 2.05) is 55.6 Å². The van der Waals surface area contributed by atoms with Crippen LogP contribution in [-0.4, -0.2) is 49.5 Å². The molecule has 2 aromatic carbocycles. The molecule has 3 heterocycles. The van der Waals surface area contributed by atoms with Crippen molar-refractivity contribution in [3.05, 3.63) is 69.7 Å². The number of rotatable bonds is 7. The summed E-state index contributed by atoms with van der Waals surface area (Å²) in [5.41, 5.74) is 0.173. The first-order chi connectivity index (χ1) is 19.3. The molecule has 7 nitrogen and oxygen atoms in total. The maximum absolute atomic E-state index is 13.6. The predicted molar refractivity (Wildman–Crippen MR) is 163 cm³/mol. The number of carbonyl (C=O) groups excluding carboxylic acids is 1. The van der Waals surface area contributed by atoms with Gasteiger partial charge in [0.1, 0.15) is 5.72 Å². The van der Waals surface area contributed by atoms with Gasteiger partial charge in [-0.1, -0.05) is 74.9 Å². The van der Waals surface area contributed by atoms with E-state index >= 15 is 0 Å². The first-order valence-electron chi connectivity index (χ1n) is 14.0. The zero-order valence-electron chi connectivity index (χ0n) is 24.1. The van der Waals surface area contributed by atoms with Crippen LogP contribution in [0.2, 0.25) is 15.1 Å². The molecule has 0 spiro atoms. The van der Waals surface area contributed by atoms with Crippen molar-refractivity contribution in [2.24, 2.45) is 0 Å². The lowest BCUT2D eigenvalue weighted by Crippen LogP contribution is -2.51. The number of hydrogen-bond acceptors (Lipinski definition) is 7. The molecule has 2 radical (unpaired) electrons. The maximum atomic E-state index is 13.6. The van der Waals surface area contributed by atoms with Crippen LogP contribution in [0.5, 0.6) is 11.5 Å². The monoisotopic (exact) mass is 609 g/mol. The molecule has 1 saturated heterocycles. The standard InChI is InChI=1S/C31H36ClN3O4SSi/c1-28(2,3)41-29(4)14-15-35(30(29,5)37)25(20-8-6-7-9-21(20)32)24-17-33-27(40-24)34-26(36)31(12-13-31)19-10-11-22-23(16-19)39-18-38-22/h6-11,16-17,25,37H,12-15,18H2,1-5H3,(H,33,34,36)/t25-,29?,30?/m0/s1. The molecular weight excluding hydrogens is 574 g/mol. The van der Waals surface area contributed by atoms with Gasteiger partial charge in [0.2, 0.25) is 12.7 Å². The fraction of sp³-hybridized carbons (Fsp3) is 0.484. The molecule has 1 amide bonds. The van der Waals surface area contributed by atoms with Crippen LogP contribution in [0.25, 0.3) is 0 Å². The van der Waals surface area contributed by atoms with Crippen LogP contribution >= 0.6 is 22.9 Å². The molecule has 2 aliphatic heterocycles. The van der Waals surface area contributed by atoms with Crippen molar-refractivity contribution in [2.75, 3.05) is 18.7 Å². The molecule has 1 aliphatic carbocycles. The minimum Gasteiger partial charge on any atom is -0.454 e. The Labute approximate surface area is 253 Å². The van der Waals surface area contributed by atoms with Gasteiger partial charge >= 0.3 is 0 Å². The van der Waals surface area contributed by atoms with Crippen molar-refractivity contribution in [2.45, 2.75) is 81.1 Å². The highest BCUT2D eigenvalue weighted by atomic mass is 35.5. The number of nitrogens with zero attached hydrogens (tertiary/aromatic N) is 2. The second-order valence-corrected chi connectivity index (χ2v) is 17.1. The van der Waals surface area contributed by atoms with E-state index in [2.05, 4.69) is 42.9 Å². The van der Waals surface area contributed by atoms with Crippen LogP contribution in [0.3, 0.4) is 0 Å². The number of thiazole rings is 1. The van der Waals surface area contributed by atoms with E-state index in [-0.39, 0.29) is 28.8 Å². The highest BCUT2D eigenvalue weighted by Crippen LogP contribution is 2.57. The lowest BCUT2D eigenvalue weighted by molar-refractivity contribution is -0.118. The average molecular weight is 610 g/mol. The fourth-order valence-electron chi connectivity index (χ4n) is 6.33. The minimum atomic E-state index is -1.08. The molecule has 6 rings (SSSR count). The third-order valence-corrected chi connectivity index (χ3v) is 12.1. The second-order valence-electron chi connectivity index (χ2n) is 12.8. The third kappa shape index (κ3) is 5.10. The number of aliphatic hydroxyl groups is 1. The Balaban J connectivity index is 1.29. The van der Waals surface area contributed by atoms with Crippen molar-refractivity contribution < 1.29 is 19.4 Å². The van der Waals surface area contributed by atoms with Gasteiger partial charge in [-0.25, -0.2) is 4.98 Å². The highest BCUT2D eigenvalue weighted by molar-refractivity contribution is 7.15. The Hall–Kier alpha value is -2.43. The molecule has 2 fully saturated rings. The number of ether oxygens (including phenoxy) is 2. The minimum absolute atomic E-state index is 0.0707. The Morgan fingerprint density at radius 3 is 2.59 bits per heavy atom. The smallest absolute Gasteiger partial charge is 0.236 e. The second kappa shape index (κ2) is 10.1. The van der Waals surface area contributed by atoms with Gasteiger partial charge in [0.15, 0.2) is 16.6 Å². The van der Waals surface area contributed by atoms with Crippen molar-refractivity contribution >= 4 is 43.5 Å². The normalized spacial score (nSPS) is 25.7. The summed E-state index contributed by atoms with van der Waals surface area (Å²) in [6.45, 7) is 11.7. The predicted octanol–water partition coefficient (Wildman–Crippen LogP) is 6.80. The number of anilines is 1. The Morgan fingerprint density at radius 2 is 1.88 bits per heavy atom. The largest absolute Gasteiger partial charge is 0.454 e. The van der Waals surface area contributed by atoms with Crippen LogP contribution in [0, 0.1) is 0 Å². The van der Waals surface area contributed by atoms with Gasteiger partial charge in [-0.2, -0.15) is 0 Å². The van der Waals surface area contributed by atoms with Gasteiger partial charge in [-0.15, -0.1) is 0 Å². The summed E-state index contributed by atoms with van der Waals surface area (Å²) in [6.07, 6.45) is 4.22. The molecule has 41 heavy (non-hydrogen) atoms. The van der Waals surface area contributed by atoms with Crippen LogP contribution in [-0.2, 0) is 10.2 Å². The molecule has 3 aromatic rings. The summed E-state index contributed by atoms with van der Waals surface area (Å²) < 4.78 is 11.0. The van der Waals surface area contributed by atoms with Crippen LogP contribution in [0.1, 0.15) is 75.9 Å². The van der Waals surface area contributed by atoms with E-state index in [9.17, 15) is 9.90 Å². The summed E-state index contributed by atoms with van der Waals surface area (Å²) in [5.74, 6) is 1.31. The van der Waals surface area contributed by atoms with Gasteiger partial charge < -0.3 is 19.9 Å². The highest BCUT2D eigenvalue weighted by Gasteiger charge is 2.56. The number of likely N-dealkylation sites (tertiary alicyclic amines) is 1. The summed E-state index contributed by atoms with van der Waals surface area (Å²) in [6, 6.07) is 13.2. The zero-order chi connectivity index (χ0) is 29.2. The summed E-state index contributed by atoms with van der Waals surface area (Å²) in [5, 5.41) is 16.2. The fourth-order valence-corrected chi connectivity index (χ4v) is 9.79. The number of amides is 1. The molecule has 2 N–H and O–H groups in total. The van der Waals surface area contributed by atoms with E-state index in [0.717, 1.165) is 41.8 Å². The third-order valence-electron chi connectivity index (χ3n) is 8.74. The van der Waals surface area contributed by atoms with Gasteiger partial charge in [0.25, 0.3) is 0 Å². The van der Waals surface area contributed by atoms with Gasteiger partial charge in [0, 0.05) is 27.7 Å². The van der Waals surface area contributed by atoms with Crippen molar-refractivity contribution in [3.8, 4) is 11.5 Å². The molecule has 3 atom stereocenters. The van der Waals surface area contributed by atoms with Crippen LogP contribution in [0.15, 0.2) is 48.7 Å². The van der Waals surface area contributed by atoms with Crippen molar-refractivity contribution in [1.29, 1.82) is 0 Å². The molecule has 1 aromatic heterocycles. The van der Waals surface area contributed by atoms with Gasteiger partial charge in [-0.05, 0) is 60.6 Å². The van der Waals surface area contributed by atoms with Gasteiger partial charge in [0.05, 0.1) is 21.0 Å². The lowest BCUT2D eigenvalue weighted by atomic mass is 9.94. The van der Waals surface area contributed by atoms with Crippen molar-refractivity contribution in [3.63, 3.8) is 0 Å². The molecule has 2 unspecified atom stereocenters. The van der Waals surface area contributed by atoms with Gasteiger partial charge in [-0.3, -0.25) is 9.69 Å². The molecule has 3 aliphatic rings. The summed E-state index contributed by atoms with van der Waals surface area (Å²) in [7, 11) is 0.570. The number of halogens is 1. The maximum Gasteiger partial charge on any atom is 0.236 e. The molecule has 216 valence electrons. The van der Waals surface area contributed by atoms with E-state index in [0.29, 0.717) is 31.2 Å². The van der Waals surface area contributed by atoms with Crippen molar-refractivity contribution in [1.82, 2.24) is 9.88 Å². The summed E-state index contributed by atoms with van der Waals surface area (Å²) >= 11 is 8.21. The summed E-state index contributed by atoms with van der Waals surface area (Å²) in [4.78, 5) is 21.3. The van der Waals surface area contributed by atoms with E-state index in [1.54, 1.807) is 0 Å². The Bertz CT molecular complexity index is 1480. The SMILES string of the molecule is CC(C)(C)[Si]C1(C)CCN([C@H](c2cnc(NC(=O)C3(c4ccc5c(c4)OCO5)CC3)s2)c2ccccc2Cl)C1(C)O. The quantitative estimate of drug-likeness (QED) is 0.287. The number of benzene rings is 2. The van der Waals surface area contributed by atoms with E-state index in [1.165, 1.54) is 11.3 Å². The Kier molecular flexibility index (Phi) is 7.06. The van der Waals surface area contributed by atoms with Crippen LogP contribution < -0.4 is 14.8 Å². The molecule has 1 saturated carbocycles. The average Bonchev–Trinajstić information content (AvgIpc) is 3.25. The zero-order valence-corrected chi connectivity index (χ0v) is 26.7. The number of nitrogens with one attached hydrogen (secondary N) is 1. The van der Waals surface area contributed by atoms with E-state index in [4.69, 9.17) is 21.1 Å². The molecule has 0 bridgehead atoms. The Morgan fingerprint density at radius 1 is 1.15 bits per heavy atom. The first-order valence-corrected chi connectivity index (χ1v) is 16.2. The van der Waals surface area contributed by atoms with Crippen LogP contribution in [0.4, 0.5) is 5.13 Å². The molecular formula is C31H36ClN3O4SSi. The number of carbonyl (C=O) groups is 1. The number of fused-ring (bicyclic) bond motifs is 1. The first kappa shape index (κ1) is 28.7. The number of aromatic nitrogens is 1. The molecule has 10 heteroatoms. The lowest BCUT2D eigenvalue weighted by Gasteiger charge is -2.46. The number of hydrogen-bond donors (Lipinski definition) is 2. The van der Waals surface area contributed by atoms with E-state index < -0.39 is 11.1 Å². The topological polar surface area (TPSA) is 83.9 Å².